The van der Waals surface area contributed by atoms with Crippen LogP contribution < -0.4 is 4.74 Å². The minimum absolute atomic E-state index is 0.318. The van der Waals surface area contributed by atoms with Crippen LogP contribution in [0.3, 0.4) is 0 Å². The van der Waals surface area contributed by atoms with Crippen molar-refractivity contribution in [3.63, 3.8) is 0 Å². The Balaban J connectivity index is 1.94. The second-order valence-electron chi connectivity index (χ2n) is 4.82. The van der Waals surface area contributed by atoms with Crippen LogP contribution in [0.1, 0.15) is 44.3 Å². The molecule has 1 aliphatic rings. The van der Waals surface area contributed by atoms with Crippen LogP contribution in [0.4, 0.5) is 4.39 Å². The zero-order valence-electron chi connectivity index (χ0n) is 10.2. The normalized spacial score (nSPS) is 18.3. The van der Waals surface area contributed by atoms with Gasteiger partial charge in [-0.15, -0.1) is 0 Å². The van der Waals surface area contributed by atoms with E-state index in [-0.39, 0.29) is 0 Å². The molecular weight excluding hydrogens is 219 g/mol. The van der Waals surface area contributed by atoms with E-state index in [1.165, 1.54) is 31.7 Å². The van der Waals surface area contributed by atoms with E-state index in [4.69, 9.17) is 4.74 Å². The Bertz CT molecular complexity index is 370. The number of aliphatic hydroxyl groups excluding tert-OH is 1. The topological polar surface area (TPSA) is 29.5 Å². The van der Waals surface area contributed by atoms with Gasteiger partial charge in [0.05, 0.1) is 12.7 Å². The van der Waals surface area contributed by atoms with Gasteiger partial charge in [0.15, 0.2) is 0 Å². The maximum Gasteiger partial charge on any atom is 0.132 e. The molecule has 0 radical (unpaired) electrons. The number of aliphatic hydroxyl groups is 1. The van der Waals surface area contributed by atoms with E-state index in [0.717, 1.165) is 0 Å². The molecule has 1 atom stereocenters. The second-order valence-corrected chi connectivity index (χ2v) is 4.82. The third-order valence-electron chi connectivity index (χ3n) is 3.38. The average Bonchev–Trinajstić information content (AvgIpc) is 2.78. The quantitative estimate of drug-likeness (QED) is 0.870. The molecule has 0 aliphatic heterocycles. The molecule has 1 aliphatic carbocycles. The Hall–Kier alpha value is -1.09. The van der Waals surface area contributed by atoms with Gasteiger partial charge in [-0.2, -0.15) is 0 Å². The van der Waals surface area contributed by atoms with Crippen molar-refractivity contribution in [3.05, 3.63) is 29.6 Å². The molecule has 3 heteroatoms. The predicted molar refractivity (Wildman–Crippen MR) is 64.5 cm³/mol. The zero-order valence-corrected chi connectivity index (χ0v) is 10.2. The molecule has 1 aromatic rings. The molecule has 1 saturated carbocycles. The van der Waals surface area contributed by atoms with Crippen LogP contribution >= 0.6 is 0 Å². The first-order valence-electron chi connectivity index (χ1n) is 6.27. The van der Waals surface area contributed by atoms with Gasteiger partial charge >= 0.3 is 0 Å². The van der Waals surface area contributed by atoms with E-state index >= 15 is 0 Å². The number of rotatable bonds is 4. The fraction of sp³-hybridized carbons (Fsp3) is 0.571. The smallest absolute Gasteiger partial charge is 0.132 e. The van der Waals surface area contributed by atoms with Crippen LogP contribution in [0.2, 0.25) is 0 Å². The van der Waals surface area contributed by atoms with Crippen LogP contribution in [-0.2, 0) is 0 Å². The van der Waals surface area contributed by atoms with E-state index in [0.29, 0.717) is 23.8 Å². The van der Waals surface area contributed by atoms with Gasteiger partial charge in [0, 0.05) is 11.6 Å². The molecule has 0 spiro atoms. The van der Waals surface area contributed by atoms with E-state index < -0.39 is 11.9 Å². The van der Waals surface area contributed by atoms with Gasteiger partial charge < -0.3 is 9.84 Å². The minimum atomic E-state index is -0.779. The lowest BCUT2D eigenvalue weighted by molar-refractivity contribution is 0.193. The van der Waals surface area contributed by atoms with Gasteiger partial charge in [0.2, 0.25) is 0 Å². The predicted octanol–water partition coefficient (Wildman–Crippen LogP) is 3.45. The molecule has 1 fully saturated rings. The first-order chi connectivity index (χ1) is 8.16. The summed E-state index contributed by atoms with van der Waals surface area (Å²) in [5, 5.41) is 9.32. The second kappa shape index (κ2) is 5.50. The molecule has 0 amide bonds. The highest BCUT2D eigenvalue weighted by Gasteiger charge is 2.16. The van der Waals surface area contributed by atoms with Gasteiger partial charge in [-0.3, -0.25) is 0 Å². The maximum absolute atomic E-state index is 13.6. The fourth-order valence-corrected chi connectivity index (χ4v) is 2.33. The first kappa shape index (κ1) is 12.4. The summed E-state index contributed by atoms with van der Waals surface area (Å²) in [7, 11) is 0. The summed E-state index contributed by atoms with van der Waals surface area (Å²) >= 11 is 0. The van der Waals surface area contributed by atoms with Crippen LogP contribution in [0.25, 0.3) is 0 Å². The van der Waals surface area contributed by atoms with Crippen LogP contribution in [-0.4, -0.2) is 11.7 Å². The Morgan fingerprint density at radius 3 is 2.71 bits per heavy atom. The van der Waals surface area contributed by atoms with E-state index in [1.54, 1.807) is 19.1 Å². The summed E-state index contributed by atoms with van der Waals surface area (Å²) in [5.41, 5.74) is 0.318. The lowest BCUT2D eigenvalue weighted by Crippen LogP contribution is -2.08. The van der Waals surface area contributed by atoms with Crippen LogP contribution in [0, 0.1) is 11.7 Å². The van der Waals surface area contributed by atoms with Crippen molar-refractivity contribution in [2.75, 3.05) is 6.61 Å². The number of ether oxygens (including phenoxy) is 1. The molecule has 2 rings (SSSR count). The molecule has 0 aromatic heterocycles. The lowest BCUT2D eigenvalue weighted by atomic mass is 10.1. The highest BCUT2D eigenvalue weighted by atomic mass is 19.1. The van der Waals surface area contributed by atoms with Gasteiger partial charge in [-0.05, 0) is 37.8 Å². The number of halogens is 1. The summed E-state index contributed by atoms with van der Waals surface area (Å²) in [6, 6.07) is 4.67. The molecule has 2 nitrogen and oxygen atoms in total. The molecular formula is C14H19FO2. The average molecular weight is 238 g/mol. The number of hydrogen-bond donors (Lipinski definition) is 1. The summed E-state index contributed by atoms with van der Waals surface area (Å²) < 4.78 is 19.1. The highest BCUT2D eigenvalue weighted by molar-refractivity contribution is 5.30. The van der Waals surface area contributed by atoms with Crippen molar-refractivity contribution < 1.29 is 14.2 Å². The Labute approximate surface area is 101 Å². The van der Waals surface area contributed by atoms with Gasteiger partial charge in [0.25, 0.3) is 0 Å². The first-order valence-corrected chi connectivity index (χ1v) is 6.27. The Morgan fingerprint density at radius 1 is 1.41 bits per heavy atom. The summed E-state index contributed by atoms with van der Waals surface area (Å²) in [4.78, 5) is 0. The van der Waals surface area contributed by atoms with Crippen molar-refractivity contribution in [2.24, 2.45) is 5.92 Å². The summed E-state index contributed by atoms with van der Waals surface area (Å²) in [5.74, 6) is 0.775. The van der Waals surface area contributed by atoms with Crippen molar-refractivity contribution in [2.45, 2.75) is 38.7 Å². The number of benzene rings is 1. The zero-order chi connectivity index (χ0) is 12.3. The Morgan fingerprint density at radius 2 is 2.12 bits per heavy atom. The SMILES string of the molecule is CC(O)c1ccc(OCC2CCCC2)cc1F. The van der Waals surface area contributed by atoms with E-state index in [9.17, 15) is 9.50 Å². The van der Waals surface area contributed by atoms with Crippen molar-refractivity contribution >= 4 is 0 Å². The molecule has 17 heavy (non-hydrogen) atoms. The summed E-state index contributed by atoms with van der Waals surface area (Å²) in [6.07, 6.45) is 4.22. The van der Waals surface area contributed by atoms with E-state index in [1.807, 2.05) is 0 Å². The molecule has 0 heterocycles. The fourth-order valence-electron chi connectivity index (χ4n) is 2.33. The minimum Gasteiger partial charge on any atom is -0.493 e. The lowest BCUT2D eigenvalue weighted by Gasteiger charge is -2.13. The molecule has 1 aromatic carbocycles. The van der Waals surface area contributed by atoms with Crippen molar-refractivity contribution in [1.29, 1.82) is 0 Å². The van der Waals surface area contributed by atoms with Gasteiger partial charge in [0.1, 0.15) is 11.6 Å². The van der Waals surface area contributed by atoms with Crippen molar-refractivity contribution in [3.8, 4) is 5.75 Å². The third-order valence-corrected chi connectivity index (χ3v) is 3.38. The largest absolute Gasteiger partial charge is 0.493 e. The standard InChI is InChI=1S/C14H19FO2/c1-10(16)13-7-6-12(8-14(13)15)17-9-11-4-2-3-5-11/h6-8,10-11,16H,2-5,9H2,1H3. The van der Waals surface area contributed by atoms with Crippen LogP contribution in [0.15, 0.2) is 18.2 Å². The molecule has 1 N–H and O–H groups in total. The van der Waals surface area contributed by atoms with E-state index in [2.05, 4.69) is 0 Å². The molecule has 0 bridgehead atoms. The number of hydrogen-bond acceptors (Lipinski definition) is 2. The molecule has 0 saturated heterocycles. The molecule has 94 valence electrons. The molecule has 1 unspecified atom stereocenters. The Kier molecular flexibility index (Phi) is 4.00. The van der Waals surface area contributed by atoms with Gasteiger partial charge in [-0.25, -0.2) is 4.39 Å². The van der Waals surface area contributed by atoms with Gasteiger partial charge in [-0.1, -0.05) is 12.8 Å². The van der Waals surface area contributed by atoms with Crippen LogP contribution in [0.5, 0.6) is 5.75 Å². The maximum atomic E-state index is 13.6. The third kappa shape index (κ3) is 3.19. The monoisotopic (exact) mass is 238 g/mol. The summed E-state index contributed by atoms with van der Waals surface area (Å²) in [6.45, 7) is 2.23. The highest BCUT2D eigenvalue weighted by Crippen LogP contribution is 2.27. The van der Waals surface area contributed by atoms with Crippen molar-refractivity contribution in [1.82, 2.24) is 0 Å².